The molecule has 128 valence electrons. The molecule has 0 unspecified atom stereocenters. The number of thiocarbonyl (C=S) groups is 1. The standard InChI is InChI=1S/C17H14N2O3S3/c1-11-2-4-12(5-3-11)10-15-16(20)19(17(23)24-15)13-6-8-14(9-7-13)25(18,21)22/h2-10H,1H3,(H2,18,21,22)/b15-10+. The van der Waals surface area contributed by atoms with Crippen LogP contribution >= 0.6 is 24.0 Å². The van der Waals surface area contributed by atoms with Gasteiger partial charge < -0.3 is 0 Å². The summed E-state index contributed by atoms with van der Waals surface area (Å²) in [4.78, 5) is 14.6. The van der Waals surface area contributed by atoms with Crippen LogP contribution in [-0.2, 0) is 14.8 Å². The van der Waals surface area contributed by atoms with Gasteiger partial charge in [0, 0.05) is 0 Å². The van der Waals surface area contributed by atoms with Crippen LogP contribution in [0.1, 0.15) is 11.1 Å². The van der Waals surface area contributed by atoms with Gasteiger partial charge in [-0.1, -0.05) is 53.8 Å². The first-order valence-corrected chi connectivity index (χ1v) is 10.0. The van der Waals surface area contributed by atoms with Gasteiger partial charge in [-0.05, 0) is 42.8 Å². The maximum Gasteiger partial charge on any atom is 0.270 e. The molecular weight excluding hydrogens is 376 g/mol. The van der Waals surface area contributed by atoms with E-state index in [0.717, 1.165) is 11.1 Å². The van der Waals surface area contributed by atoms with Gasteiger partial charge in [-0.15, -0.1) is 0 Å². The zero-order valence-electron chi connectivity index (χ0n) is 13.2. The van der Waals surface area contributed by atoms with Crippen molar-refractivity contribution in [1.29, 1.82) is 0 Å². The number of carbonyl (C=O) groups is 1. The van der Waals surface area contributed by atoms with Crippen molar-refractivity contribution in [1.82, 2.24) is 0 Å². The molecule has 0 bridgehead atoms. The third kappa shape index (κ3) is 3.82. The fourth-order valence-corrected chi connectivity index (χ4v) is 4.10. The number of thioether (sulfide) groups is 1. The number of benzene rings is 2. The number of nitrogens with zero attached hydrogens (tertiary/aromatic N) is 1. The minimum Gasteiger partial charge on any atom is -0.268 e. The van der Waals surface area contributed by atoms with Gasteiger partial charge in [0.1, 0.15) is 0 Å². The zero-order chi connectivity index (χ0) is 18.2. The highest BCUT2D eigenvalue weighted by Gasteiger charge is 2.33. The molecule has 1 heterocycles. The number of carbonyl (C=O) groups excluding carboxylic acids is 1. The van der Waals surface area contributed by atoms with Crippen molar-refractivity contribution >= 4 is 56.0 Å². The third-order valence-corrected chi connectivity index (χ3v) is 5.82. The van der Waals surface area contributed by atoms with Crippen LogP contribution in [0.15, 0.2) is 58.3 Å². The summed E-state index contributed by atoms with van der Waals surface area (Å²) >= 11 is 6.52. The van der Waals surface area contributed by atoms with Gasteiger partial charge in [0.05, 0.1) is 15.5 Å². The summed E-state index contributed by atoms with van der Waals surface area (Å²) in [6, 6.07) is 13.5. The smallest absolute Gasteiger partial charge is 0.268 e. The Labute approximate surface area is 155 Å². The van der Waals surface area contributed by atoms with E-state index < -0.39 is 10.0 Å². The van der Waals surface area contributed by atoms with E-state index in [0.29, 0.717) is 14.9 Å². The molecule has 3 rings (SSSR count). The molecule has 1 aliphatic rings. The number of rotatable bonds is 3. The third-order valence-electron chi connectivity index (χ3n) is 3.59. The van der Waals surface area contributed by atoms with E-state index in [1.54, 1.807) is 6.08 Å². The summed E-state index contributed by atoms with van der Waals surface area (Å²) in [6.07, 6.45) is 1.79. The van der Waals surface area contributed by atoms with Gasteiger partial charge in [0.2, 0.25) is 10.0 Å². The predicted molar refractivity (Wildman–Crippen MR) is 105 cm³/mol. The van der Waals surface area contributed by atoms with Crippen LogP contribution in [0.4, 0.5) is 5.69 Å². The van der Waals surface area contributed by atoms with Crippen LogP contribution in [0.2, 0.25) is 0 Å². The summed E-state index contributed by atoms with van der Waals surface area (Å²) in [5.41, 5.74) is 2.55. The number of hydrogen-bond acceptors (Lipinski definition) is 5. The Kier molecular flexibility index (Phi) is 4.79. The highest BCUT2D eigenvalue weighted by Crippen LogP contribution is 2.36. The molecule has 0 aromatic heterocycles. The lowest BCUT2D eigenvalue weighted by Crippen LogP contribution is -2.27. The Hall–Kier alpha value is -2.00. The average Bonchev–Trinajstić information content (AvgIpc) is 2.83. The molecule has 1 aliphatic heterocycles. The molecule has 25 heavy (non-hydrogen) atoms. The van der Waals surface area contributed by atoms with Crippen LogP contribution < -0.4 is 10.0 Å². The Morgan fingerprint density at radius 2 is 1.68 bits per heavy atom. The summed E-state index contributed by atoms with van der Waals surface area (Å²) < 4.78 is 23.1. The van der Waals surface area contributed by atoms with Gasteiger partial charge in [0.25, 0.3) is 5.91 Å². The molecule has 2 aromatic carbocycles. The van der Waals surface area contributed by atoms with E-state index in [-0.39, 0.29) is 10.8 Å². The van der Waals surface area contributed by atoms with Crippen molar-refractivity contribution in [2.24, 2.45) is 5.14 Å². The molecule has 0 spiro atoms. The minimum atomic E-state index is -3.78. The Balaban J connectivity index is 1.90. The SMILES string of the molecule is Cc1ccc(/C=C2/SC(=S)N(c3ccc(S(N)(=O)=O)cc3)C2=O)cc1. The number of nitrogens with two attached hydrogens (primary N) is 1. The molecule has 1 fully saturated rings. The molecule has 0 aliphatic carbocycles. The van der Waals surface area contributed by atoms with Crippen LogP contribution in [0.25, 0.3) is 6.08 Å². The average molecular weight is 391 g/mol. The first-order chi connectivity index (χ1) is 11.8. The molecule has 2 N–H and O–H groups in total. The van der Waals surface area contributed by atoms with E-state index in [2.05, 4.69) is 0 Å². The normalized spacial score (nSPS) is 16.7. The number of aryl methyl sites for hydroxylation is 1. The number of hydrogen-bond donors (Lipinski definition) is 1. The summed E-state index contributed by atoms with van der Waals surface area (Å²) in [5.74, 6) is -0.237. The van der Waals surface area contributed by atoms with E-state index in [4.69, 9.17) is 17.4 Å². The molecule has 0 atom stereocenters. The van der Waals surface area contributed by atoms with Gasteiger partial charge in [-0.3, -0.25) is 9.69 Å². The monoisotopic (exact) mass is 390 g/mol. The van der Waals surface area contributed by atoms with Crippen LogP contribution in [0.3, 0.4) is 0 Å². The molecule has 1 amide bonds. The van der Waals surface area contributed by atoms with Crippen molar-refractivity contribution in [3.63, 3.8) is 0 Å². The molecule has 2 aromatic rings. The first-order valence-electron chi connectivity index (χ1n) is 7.23. The lowest BCUT2D eigenvalue weighted by atomic mass is 10.1. The van der Waals surface area contributed by atoms with Crippen LogP contribution in [0, 0.1) is 6.92 Å². The molecule has 1 saturated heterocycles. The lowest BCUT2D eigenvalue weighted by molar-refractivity contribution is -0.113. The van der Waals surface area contributed by atoms with Crippen LogP contribution in [-0.4, -0.2) is 18.6 Å². The highest BCUT2D eigenvalue weighted by atomic mass is 32.2. The molecular formula is C17H14N2O3S3. The zero-order valence-corrected chi connectivity index (χ0v) is 15.6. The van der Waals surface area contributed by atoms with Crippen molar-refractivity contribution in [2.75, 3.05) is 4.90 Å². The molecule has 0 radical (unpaired) electrons. The second kappa shape index (κ2) is 6.72. The van der Waals surface area contributed by atoms with E-state index >= 15 is 0 Å². The maximum atomic E-state index is 12.7. The molecule has 5 nitrogen and oxygen atoms in total. The Morgan fingerprint density at radius 1 is 1.08 bits per heavy atom. The number of primary sulfonamides is 1. The number of amides is 1. The van der Waals surface area contributed by atoms with Gasteiger partial charge in [-0.2, -0.15) is 0 Å². The Bertz CT molecular complexity index is 979. The van der Waals surface area contributed by atoms with E-state index in [9.17, 15) is 13.2 Å². The van der Waals surface area contributed by atoms with Crippen molar-refractivity contribution < 1.29 is 13.2 Å². The summed E-state index contributed by atoms with van der Waals surface area (Å²) in [7, 11) is -3.78. The summed E-state index contributed by atoms with van der Waals surface area (Å²) in [5, 5.41) is 5.09. The lowest BCUT2D eigenvalue weighted by Gasteiger charge is -2.14. The minimum absolute atomic E-state index is 0.0168. The molecule has 8 heteroatoms. The highest BCUT2D eigenvalue weighted by molar-refractivity contribution is 8.27. The second-order valence-corrected chi connectivity index (χ2v) is 8.70. The Morgan fingerprint density at radius 3 is 2.24 bits per heavy atom. The van der Waals surface area contributed by atoms with Gasteiger partial charge in [-0.25, -0.2) is 13.6 Å². The summed E-state index contributed by atoms with van der Waals surface area (Å²) in [6.45, 7) is 1.99. The fourth-order valence-electron chi connectivity index (χ4n) is 2.29. The maximum absolute atomic E-state index is 12.7. The van der Waals surface area contributed by atoms with Crippen molar-refractivity contribution in [3.8, 4) is 0 Å². The predicted octanol–water partition coefficient (Wildman–Crippen LogP) is 3.05. The van der Waals surface area contributed by atoms with Crippen LogP contribution in [0.5, 0.6) is 0 Å². The van der Waals surface area contributed by atoms with E-state index in [1.807, 2.05) is 31.2 Å². The van der Waals surface area contributed by atoms with Crippen molar-refractivity contribution in [3.05, 3.63) is 64.6 Å². The number of sulfonamides is 1. The quantitative estimate of drug-likeness (QED) is 0.644. The molecule has 0 saturated carbocycles. The van der Waals surface area contributed by atoms with E-state index in [1.165, 1.54) is 40.9 Å². The fraction of sp³-hybridized carbons (Fsp3) is 0.0588. The topological polar surface area (TPSA) is 80.5 Å². The van der Waals surface area contributed by atoms with Gasteiger partial charge in [0.15, 0.2) is 4.32 Å². The van der Waals surface area contributed by atoms with Crippen molar-refractivity contribution in [2.45, 2.75) is 11.8 Å². The first kappa shape index (κ1) is 17.8. The largest absolute Gasteiger partial charge is 0.270 e. The second-order valence-electron chi connectivity index (χ2n) is 5.47. The number of anilines is 1. The van der Waals surface area contributed by atoms with Gasteiger partial charge >= 0.3 is 0 Å².